The summed E-state index contributed by atoms with van der Waals surface area (Å²) in [6.07, 6.45) is 0. The Kier molecular flexibility index (Phi) is 4.28. The lowest BCUT2D eigenvalue weighted by molar-refractivity contribution is 0.255. The monoisotopic (exact) mass is 297 g/mol. The van der Waals surface area contributed by atoms with Crippen molar-refractivity contribution in [3.8, 4) is 0 Å². The van der Waals surface area contributed by atoms with Gasteiger partial charge in [-0.25, -0.2) is 4.98 Å². The van der Waals surface area contributed by atoms with Crippen LogP contribution in [0.5, 0.6) is 0 Å². The average molecular weight is 298 g/mol. The highest BCUT2D eigenvalue weighted by Gasteiger charge is 2.11. The number of thioether (sulfide) groups is 1. The SMILES string of the molecule is Clc1ccc2oc(SCCN3CCNCC3)nc2c1. The Morgan fingerprint density at radius 1 is 1.37 bits per heavy atom. The van der Waals surface area contributed by atoms with Crippen molar-refractivity contribution in [2.24, 2.45) is 0 Å². The lowest BCUT2D eigenvalue weighted by atomic mass is 10.3. The van der Waals surface area contributed by atoms with Gasteiger partial charge in [0.05, 0.1) is 0 Å². The Balaban J connectivity index is 1.56. The summed E-state index contributed by atoms with van der Waals surface area (Å²) in [5, 5.41) is 4.78. The summed E-state index contributed by atoms with van der Waals surface area (Å²) in [5.74, 6) is 1.00. The zero-order chi connectivity index (χ0) is 13.1. The Hall–Kier alpha value is -0.750. The fraction of sp³-hybridized carbons (Fsp3) is 0.462. The summed E-state index contributed by atoms with van der Waals surface area (Å²) >= 11 is 7.60. The molecule has 19 heavy (non-hydrogen) atoms. The minimum atomic E-state index is 0.693. The standard InChI is InChI=1S/C13H16ClN3OS/c14-10-1-2-12-11(9-10)16-13(18-12)19-8-7-17-5-3-15-4-6-17/h1-2,9,15H,3-8H2. The largest absolute Gasteiger partial charge is 0.431 e. The molecule has 0 unspecified atom stereocenters. The van der Waals surface area contributed by atoms with Crippen LogP contribution in [0.4, 0.5) is 0 Å². The molecule has 0 saturated carbocycles. The van der Waals surface area contributed by atoms with Gasteiger partial charge >= 0.3 is 0 Å². The van der Waals surface area contributed by atoms with Gasteiger partial charge in [0.15, 0.2) is 5.58 Å². The lowest BCUT2D eigenvalue weighted by Crippen LogP contribution is -2.44. The van der Waals surface area contributed by atoms with E-state index < -0.39 is 0 Å². The van der Waals surface area contributed by atoms with Gasteiger partial charge in [-0.05, 0) is 18.2 Å². The summed E-state index contributed by atoms with van der Waals surface area (Å²) < 4.78 is 5.67. The summed E-state index contributed by atoms with van der Waals surface area (Å²) in [6, 6.07) is 5.52. The van der Waals surface area contributed by atoms with Crippen molar-refractivity contribution >= 4 is 34.5 Å². The first-order valence-corrected chi connectivity index (χ1v) is 7.79. The van der Waals surface area contributed by atoms with Crippen molar-refractivity contribution in [1.29, 1.82) is 0 Å². The molecule has 2 aromatic rings. The summed E-state index contributed by atoms with van der Waals surface area (Å²) in [4.78, 5) is 6.90. The van der Waals surface area contributed by atoms with E-state index in [9.17, 15) is 0 Å². The van der Waals surface area contributed by atoms with Crippen molar-refractivity contribution < 1.29 is 4.42 Å². The van der Waals surface area contributed by atoms with Crippen molar-refractivity contribution in [2.75, 3.05) is 38.5 Å². The molecule has 1 aliphatic rings. The van der Waals surface area contributed by atoms with Crippen LogP contribution in [0.1, 0.15) is 0 Å². The molecule has 1 N–H and O–H groups in total. The Bertz CT molecular complexity index is 554. The third-order valence-corrected chi connectivity index (χ3v) is 4.22. The van der Waals surface area contributed by atoms with Crippen LogP contribution in [0, 0.1) is 0 Å². The molecule has 1 saturated heterocycles. The van der Waals surface area contributed by atoms with E-state index in [1.807, 2.05) is 18.2 Å². The van der Waals surface area contributed by atoms with Gasteiger partial charge < -0.3 is 9.73 Å². The van der Waals surface area contributed by atoms with E-state index in [1.165, 1.54) is 0 Å². The first-order chi connectivity index (χ1) is 9.31. The third kappa shape index (κ3) is 3.42. The van der Waals surface area contributed by atoms with Crippen LogP contribution < -0.4 is 5.32 Å². The molecule has 0 bridgehead atoms. The molecule has 102 valence electrons. The maximum Gasteiger partial charge on any atom is 0.256 e. The van der Waals surface area contributed by atoms with Crippen LogP contribution in [0.3, 0.4) is 0 Å². The van der Waals surface area contributed by atoms with Gasteiger partial charge in [0.1, 0.15) is 5.52 Å². The summed E-state index contributed by atoms with van der Waals surface area (Å²) in [7, 11) is 0. The maximum absolute atomic E-state index is 5.93. The number of rotatable bonds is 4. The number of halogens is 1. The van der Waals surface area contributed by atoms with E-state index in [0.717, 1.165) is 54.8 Å². The van der Waals surface area contributed by atoms with Gasteiger partial charge in [-0.3, -0.25) is 4.90 Å². The molecule has 0 aliphatic carbocycles. The highest BCUT2D eigenvalue weighted by atomic mass is 35.5. The highest BCUT2D eigenvalue weighted by Crippen LogP contribution is 2.25. The van der Waals surface area contributed by atoms with Crippen LogP contribution in [-0.2, 0) is 0 Å². The number of oxazole rings is 1. The minimum absolute atomic E-state index is 0.693. The van der Waals surface area contributed by atoms with Crippen LogP contribution in [0.2, 0.25) is 5.02 Å². The zero-order valence-electron chi connectivity index (χ0n) is 10.6. The summed E-state index contributed by atoms with van der Waals surface area (Å²) in [6.45, 7) is 5.51. The topological polar surface area (TPSA) is 41.3 Å². The van der Waals surface area contributed by atoms with Gasteiger partial charge in [-0.15, -0.1) is 0 Å². The average Bonchev–Trinajstić information content (AvgIpc) is 2.82. The molecule has 1 aromatic carbocycles. The second-order valence-electron chi connectivity index (χ2n) is 4.53. The summed E-state index contributed by atoms with van der Waals surface area (Å²) in [5.41, 5.74) is 1.63. The van der Waals surface area contributed by atoms with Crippen molar-refractivity contribution in [3.05, 3.63) is 23.2 Å². The number of hydrogen-bond acceptors (Lipinski definition) is 5. The van der Waals surface area contributed by atoms with E-state index in [0.29, 0.717) is 5.02 Å². The molecule has 1 aromatic heterocycles. The number of fused-ring (bicyclic) bond motifs is 1. The predicted octanol–water partition coefficient (Wildman–Crippen LogP) is 2.48. The smallest absolute Gasteiger partial charge is 0.256 e. The Morgan fingerprint density at radius 3 is 3.05 bits per heavy atom. The number of hydrogen-bond donors (Lipinski definition) is 1. The molecule has 0 amide bonds. The first-order valence-electron chi connectivity index (χ1n) is 6.43. The molecule has 6 heteroatoms. The fourth-order valence-electron chi connectivity index (χ4n) is 2.14. The van der Waals surface area contributed by atoms with Crippen LogP contribution in [0.15, 0.2) is 27.8 Å². The second-order valence-corrected chi connectivity index (χ2v) is 6.01. The zero-order valence-corrected chi connectivity index (χ0v) is 12.1. The number of aromatic nitrogens is 1. The normalized spacial score (nSPS) is 17.1. The van der Waals surface area contributed by atoms with Crippen molar-refractivity contribution in [3.63, 3.8) is 0 Å². The van der Waals surface area contributed by atoms with Gasteiger partial charge in [0.25, 0.3) is 5.22 Å². The van der Waals surface area contributed by atoms with Crippen LogP contribution in [0.25, 0.3) is 11.1 Å². The molecular weight excluding hydrogens is 282 g/mol. The third-order valence-electron chi connectivity index (χ3n) is 3.17. The maximum atomic E-state index is 5.93. The first kappa shape index (κ1) is 13.2. The van der Waals surface area contributed by atoms with Gasteiger partial charge in [-0.1, -0.05) is 23.4 Å². The van der Waals surface area contributed by atoms with Crippen LogP contribution in [-0.4, -0.2) is 48.4 Å². The number of piperazine rings is 1. The molecule has 0 atom stereocenters. The van der Waals surface area contributed by atoms with E-state index in [1.54, 1.807) is 11.8 Å². The van der Waals surface area contributed by atoms with Gasteiger partial charge in [0.2, 0.25) is 0 Å². The molecular formula is C13H16ClN3OS. The lowest BCUT2D eigenvalue weighted by Gasteiger charge is -2.26. The molecule has 3 rings (SSSR count). The Morgan fingerprint density at radius 2 is 2.21 bits per heavy atom. The fourth-order valence-corrected chi connectivity index (χ4v) is 3.14. The van der Waals surface area contributed by atoms with E-state index in [4.69, 9.17) is 16.0 Å². The molecule has 1 aliphatic heterocycles. The van der Waals surface area contributed by atoms with E-state index in [-0.39, 0.29) is 0 Å². The second kappa shape index (κ2) is 6.13. The number of benzene rings is 1. The molecule has 4 nitrogen and oxygen atoms in total. The molecule has 0 radical (unpaired) electrons. The number of nitrogens with one attached hydrogen (secondary N) is 1. The molecule has 0 spiro atoms. The predicted molar refractivity (Wildman–Crippen MR) is 79.1 cm³/mol. The number of nitrogens with zero attached hydrogens (tertiary/aromatic N) is 2. The molecule has 1 fully saturated rings. The highest BCUT2D eigenvalue weighted by molar-refractivity contribution is 7.99. The van der Waals surface area contributed by atoms with Crippen LogP contribution >= 0.6 is 23.4 Å². The minimum Gasteiger partial charge on any atom is -0.431 e. The van der Waals surface area contributed by atoms with Gasteiger partial charge in [0, 0.05) is 43.5 Å². The molecule has 2 heterocycles. The van der Waals surface area contributed by atoms with Crippen molar-refractivity contribution in [1.82, 2.24) is 15.2 Å². The quantitative estimate of drug-likeness (QED) is 0.878. The van der Waals surface area contributed by atoms with E-state index in [2.05, 4.69) is 15.2 Å². The Labute approximate surface area is 121 Å². The van der Waals surface area contributed by atoms with E-state index >= 15 is 0 Å². The van der Waals surface area contributed by atoms with Crippen molar-refractivity contribution in [2.45, 2.75) is 5.22 Å². The van der Waals surface area contributed by atoms with Gasteiger partial charge in [-0.2, -0.15) is 0 Å².